The molecular weight excluding hydrogens is 279 g/mol. The maximum atomic E-state index is 11.9. The van der Waals surface area contributed by atoms with Crippen molar-refractivity contribution >= 4 is 17.7 Å². The molecular formula is C10H21O6PS. The number of phosphoric ester groups is 1. The van der Waals surface area contributed by atoms with E-state index in [-0.39, 0.29) is 16.9 Å². The highest BCUT2D eigenvalue weighted by Gasteiger charge is 2.32. The van der Waals surface area contributed by atoms with Gasteiger partial charge in [-0.25, -0.2) is 13.0 Å². The standard InChI is InChI=1S/C10H21O6PS/c1-10(5-3-2-4-6-10)9-18(14,15)8-7-16-17(11,12)13/h2-9H2,1H3,(H2,11,12,13). The van der Waals surface area contributed by atoms with Gasteiger partial charge in [-0.1, -0.05) is 26.2 Å². The molecule has 18 heavy (non-hydrogen) atoms. The van der Waals surface area contributed by atoms with Gasteiger partial charge in [-0.05, 0) is 18.3 Å². The van der Waals surface area contributed by atoms with E-state index in [1.165, 1.54) is 0 Å². The topological polar surface area (TPSA) is 101 Å². The van der Waals surface area contributed by atoms with Crippen LogP contribution in [0.1, 0.15) is 39.0 Å². The van der Waals surface area contributed by atoms with Crippen molar-refractivity contribution < 1.29 is 27.3 Å². The van der Waals surface area contributed by atoms with Crippen LogP contribution in [0.3, 0.4) is 0 Å². The van der Waals surface area contributed by atoms with Crippen molar-refractivity contribution in [2.24, 2.45) is 5.41 Å². The van der Waals surface area contributed by atoms with Gasteiger partial charge in [0.15, 0.2) is 9.84 Å². The molecule has 0 bridgehead atoms. The summed E-state index contributed by atoms with van der Waals surface area (Å²) < 4.78 is 38.3. The van der Waals surface area contributed by atoms with E-state index in [4.69, 9.17) is 9.79 Å². The Balaban J connectivity index is 2.46. The first-order chi connectivity index (χ1) is 8.12. The molecule has 0 aromatic carbocycles. The van der Waals surface area contributed by atoms with Crippen molar-refractivity contribution in [3.05, 3.63) is 0 Å². The van der Waals surface area contributed by atoms with Crippen LogP contribution in [-0.2, 0) is 18.9 Å². The van der Waals surface area contributed by atoms with Crippen molar-refractivity contribution in [3.8, 4) is 0 Å². The van der Waals surface area contributed by atoms with Gasteiger partial charge in [-0.3, -0.25) is 4.52 Å². The second kappa shape index (κ2) is 6.01. The van der Waals surface area contributed by atoms with Gasteiger partial charge in [0, 0.05) is 0 Å². The molecule has 108 valence electrons. The average Bonchev–Trinajstić information content (AvgIpc) is 2.13. The summed E-state index contributed by atoms with van der Waals surface area (Å²) in [7, 11) is -7.91. The van der Waals surface area contributed by atoms with Crippen LogP contribution < -0.4 is 0 Å². The fourth-order valence-corrected chi connectivity index (χ4v) is 4.72. The first-order valence-corrected chi connectivity index (χ1v) is 9.38. The van der Waals surface area contributed by atoms with E-state index >= 15 is 0 Å². The quantitative estimate of drug-likeness (QED) is 0.721. The first kappa shape index (κ1) is 16.1. The lowest BCUT2D eigenvalue weighted by Gasteiger charge is -2.33. The molecule has 0 unspecified atom stereocenters. The number of hydrogen-bond donors (Lipinski definition) is 2. The van der Waals surface area contributed by atoms with Crippen molar-refractivity contribution in [2.75, 3.05) is 18.1 Å². The highest BCUT2D eigenvalue weighted by Crippen LogP contribution is 2.38. The van der Waals surface area contributed by atoms with Crippen LogP contribution in [-0.4, -0.2) is 36.3 Å². The van der Waals surface area contributed by atoms with Gasteiger partial charge >= 0.3 is 7.82 Å². The maximum Gasteiger partial charge on any atom is 0.469 e. The Labute approximate surface area is 108 Å². The zero-order chi connectivity index (χ0) is 13.9. The normalized spacial score (nSPS) is 20.8. The predicted octanol–water partition coefficient (Wildman–Crippen LogP) is 1.48. The zero-order valence-corrected chi connectivity index (χ0v) is 12.3. The van der Waals surface area contributed by atoms with Gasteiger partial charge in [0.25, 0.3) is 0 Å². The van der Waals surface area contributed by atoms with E-state index < -0.39 is 24.3 Å². The van der Waals surface area contributed by atoms with E-state index in [2.05, 4.69) is 4.52 Å². The fraction of sp³-hybridized carbons (Fsp3) is 1.00. The van der Waals surface area contributed by atoms with Crippen LogP contribution in [0, 0.1) is 5.41 Å². The van der Waals surface area contributed by atoms with E-state index in [0.29, 0.717) is 0 Å². The molecule has 0 atom stereocenters. The molecule has 8 heteroatoms. The second-order valence-corrected chi connectivity index (χ2v) is 8.71. The Morgan fingerprint density at radius 3 is 2.28 bits per heavy atom. The van der Waals surface area contributed by atoms with Crippen LogP contribution in [0.5, 0.6) is 0 Å². The van der Waals surface area contributed by atoms with Crippen molar-refractivity contribution in [1.29, 1.82) is 0 Å². The summed E-state index contributed by atoms with van der Waals surface area (Å²) in [4.78, 5) is 17.0. The van der Waals surface area contributed by atoms with Gasteiger partial charge in [-0.2, -0.15) is 0 Å². The van der Waals surface area contributed by atoms with E-state index in [1.807, 2.05) is 6.92 Å². The summed E-state index contributed by atoms with van der Waals surface area (Å²) in [5.74, 6) is -0.266. The van der Waals surface area contributed by atoms with Gasteiger partial charge < -0.3 is 9.79 Å². The summed E-state index contributed by atoms with van der Waals surface area (Å²) in [6.07, 6.45) is 5.03. The Morgan fingerprint density at radius 1 is 1.22 bits per heavy atom. The van der Waals surface area contributed by atoms with Crippen LogP contribution in [0.4, 0.5) is 0 Å². The summed E-state index contributed by atoms with van der Waals surface area (Å²) in [5.41, 5.74) is -0.195. The van der Waals surface area contributed by atoms with Gasteiger partial charge in [0.1, 0.15) is 0 Å². The highest BCUT2D eigenvalue weighted by molar-refractivity contribution is 7.91. The van der Waals surface area contributed by atoms with Crippen LogP contribution >= 0.6 is 7.82 Å². The molecule has 2 N–H and O–H groups in total. The summed E-state index contributed by atoms with van der Waals surface area (Å²) >= 11 is 0. The predicted molar refractivity (Wildman–Crippen MR) is 67.8 cm³/mol. The molecule has 1 aliphatic rings. The van der Waals surface area contributed by atoms with Crippen molar-refractivity contribution in [2.45, 2.75) is 39.0 Å². The summed E-state index contributed by atoms with van der Waals surface area (Å²) in [5, 5.41) is 0. The minimum atomic E-state index is -4.58. The lowest BCUT2D eigenvalue weighted by atomic mass is 9.77. The van der Waals surface area contributed by atoms with Crippen molar-refractivity contribution in [3.63, 3.8) is 0 Å². The molecule has 0 heterocycles. The molecule has 1 rings (SSSR count). The number of hydrogen-bond acceptors (Lipinski definition) is 4. The lowest BCUT2D eigenvalue weighted by Crippen LogP contribution is -2.31. The van der Waals surface area contributed by atoms with Crippen molar-refractivity contribution in [1.82, 2.24) is 0 Å². The van der Waals surface area contributed by atoms with Crippen LogP contribution in [0.2, 0.25) is 0 Å². The summed E-state index contributed by atoms with van der Waals surface area (Å²) in [6, 6.07) is 0. The number of sulfone groups is 1. The monoisotopic (exact) mass is 300 g/mol. The Kier molecular flexibility index (Phi) is 5.38. The number of phosphoric acid groups is 1. The molecule has 0 saturated heterocycles. The average molecular weight is 300 g/mol. The third kappa shape index (κ3) is 6.29. The first-order valence-electron chi connectivity index (χ1n) is 6.03. The molecule has 0 aliphatic heterocycles. The van der Waals surface area contributed by atoms with Gasteiger partial charge in [-0.15, -0.1) is 0 Å². The third-order valence-electron chi connectivity index (χ3n) is 3.28. The molecule has 0 aromatic rings. The third-order valence-corrected chi connectivity index (χ3v) is 5.73. The maximum absolute atomic E-state index is 11.9. The molecule has 1 aliphatic carbocycles. The lowest BCUT2D eigenvalue weighted by molar-refractivity contribution is 0.207. The van der Waals surface area contributed by atoms with Crippen LogP contribution in [0.15, 0.2) is 0 Å². The molecule has 1 fully saturated rings. The van der Waals surface area contributed by atoms with E-state index in [9.17, 15) is 13.0 Å². The largest absolute Gasteiger partial charge is 0.469 e. The van der Waals surface area contributed by atoms with Gasteiger partial charge in [0.05, 0.1) is 18.1 Å². The molecule has 6 nitrogen and oxygen atoms in total. The SMILES string of the molecule is CC1(CS(=O)(=O)CCOP(=O)(O)O)CCCCC1. The molecule has 0 amide bonds. The smallest absolute Gasteiger partial charge is 0.303 e. The number of rotatable bonds is 6. The molecule has 0 aromatic heterocycles. The minimum absolute atomic E-state index is 0.0739. The van der Waals surface area contributed by atoms with E-state index in [1.54, 1.807) is 0 Å². The van der Waals surface area contributed by atoms with E-state index in [0.717, 1.165) is 32.1 Å². The zero-order valence-electron chi connectivity index (χ0n) is 10.5. The Hall–Kier alpha value is 0.0600. The van der Waals surface area contributed by atoms with Gasteiger partial charge in [0.2, 0.25) is 0 Å². The second-order valence-electron chi connectivity index (χ2n) is 5.29. The van der Waals surface area contributed by atoms with Crippen LogP contribution in [0.25, 0.3) is 0 Å². The molecule has 0 radical (unpaired) electrons. The highest BCUT2D eigenvalue weighted by atomic mass is 32.2. The fourth-order valence-electron chi connectivity index (χ4n) is 2.44. The minimum Gasteiger partial charge on any atom is -0.303 e. The Bertz CT molecular complexity index is 406. The Morgan fingerprint density at radius 2 is 1.78 bits per heavy atom. The molecule has 1 saturated carbocycles. The molecule has 0 spiro atoms. The summed E-state index contributed by atoms with van der Waals surface area (Å²) in [6.45, 7) is 1.51.